The van der Waals surface area contributed by atoms with Crippen molar-refractivity contribution >= 4 is 11.6 Å². The van der Waals surface area contributed by atoms with E-state index < -0.39 is 0 Å². The largest absolute Gasteiger partial charge is 0.489 e. The van der Waals surface area contributed by atoms with Crippen LogP contribution in [0.4, 0.5) is 0 Å². The predicted octanol–water partition coefficient (Wildman–Crippen LogP) is 4.97. The van der Waals surface area contributed by atoms with Crippen LogP contribution < -0.4 is 10.1 Å². The lowest BCUT2D eigenvalue weighted by Crippen LogP contribution is -2.36. The first-order chi connectivity index (χ1) is 14.7. The lowest BCUT2D eigenvalue weighted by Gasteiger charge is -2.37. The van der Waals surface area contributed by atoms with Gasteiger partial charge in [-0.15, -0.1) is 0 Å². The van der Waals surface area contributed by atoms with E-state index in [-0.39, 0.29) is 17.5 Å². The SMILES string of the molecule is O=C1CCCC2=C1C(c1ccccc1OCc1ccccc1)C1=C(CCCC1=O)N2. The minimum absolute atomic E-state index is 0.150. The number of Topliss-reactive ketones (excluding diaryl/α,β-unsaturated/α-hetero) is 2. The summed E-state index contributed by atoms with van der Waals surface area (Å²) in [7, 11) is 0. The number of dihydropyridines is 1. The van der Waals surface area contributed by atoms with Crippen LogP contribution in [0.3, 0.4) is 0 Å². The highest BCUT2D eigenvalue weighted by Crippen LogP contribution is 2.47. The second kappa shape index (κ2) is 7.94. The average Bonchev–Trinajstić information content (AvgIpc) is 2.78. The number of rotatable bonds is 4. The Hall–Kier alpha value is -3.14. The molecule has 1 heterocycles. The molecule has 0 spiro atoms. The first-order valence-electron chi connectivity index (χ1n) is 10.8. The van der Waals surface area contributed by atoms with Crippen molar-refractivity contribution in [2.24, 2.45) is 0 Å². The molecule has 0 radical (unpaired) electrons. The summed E-state index contributed by atoms with van der Waals surface area (Å²) in [5.41, 5.74) is 5.54. The number of carbonyl (C=O) groups is 2. The number of allylic oxidation sites excluding steroid dienone is 4. The van der Waals surface area contributed by atoms with E-state index in [9.17, 15) is 9.59 Å². The maximum atomic E-state index is 13.0. The normalized spacial score (nSPS) is 19.3. The van der Waals surface area contributed by atoms with E-state index >= 15 is 0 Å². The summed E-state index contributed by atoms with van der Waals surface area (Å²) >= 11 is 0. The molecule has 152 valence electrons. The smallest absolute Gasteiger partial charge is 0.161 e. The average molecular weight is 399 g/mol. The summed E-state index contributed by atoms with van der Waals surface area (Å²) in [6.07, 6.45) is 4.52. The Balaban J connectivity index is 1.59. The molecule has 0 fully saturated rings. The van der Waals surface area contributed by atoms with Gasteiger partial charge >= 0.3 is 0 Å². The molecule has 0 bridgehead atoms. The first kappa shape index (κ1) is 18.9. The Morgan fingerprint density at radius 2 is 1.37 bits per heavy atom. The Bertz CT molecular complexity index is 1020. The van der Waals surface area contributed by atoms with Gasteiger partial charge < -0.3 is 10.1 Å². The summed E-state index contributed by atoms with van der Waals surface area (Å²) < 4.78 is 6.22. The Labute approximate surface area is 176 Å². The van der Waals surface area contributed by atoms with Crippen molar-refractivity contribution < 1.29 is 14.3 Å². The van der Waals surface area contributed by atoms with Crippen molar-refractivity contribution in [2.75, 3.05) is 0 Å². The molecule has 3 aliphatic rings. The lowest BCUT2D eigenvalue weighted by atomic mass is 9.71. The highest BCUT2D eigenvalue weighted by atomic mass is 16.5. The third-order valence-corrected chi connectivity index (χ3v) is 6.26. The van der Waals surface area contributed by atoms with Gasteiger partial charge in [-0.25, -0.2) is 0 Å². The van der Waals surface area contributed by atoms with E-state index in [1.807, 2.05) is 54.6 Å². The monoisotopic (exact) mass is 399 g/mol. The van der Waals surface area contributed by atoms with E-state index in [0.717, 1.165) is 65.1 Å². The van der Waals surface area contributed by atoms with Crippen LogP contribution in [0.25, 0.3) is 0 Å². The van der Waals surface area contributed by atoms with Crippen molar-refractivity contribution in [1.82, 2.24) is 5.32 Å². The van der Waals surface area contributed by atoms with Crippen LogP contribution >= 0.6 is 0 Å². The molecular weight excluding hydrogens is 374 g/mol. The number of hydrogen-bond donors (Lipinski definition) is 1. The standard InChI is InChI=1S/C26H25NO3/c28-21-13-6-11-19-25(21)24(26-20(27-19)12-7-14-22(26)29)18-10-4-5-15-23(18)30-16-17-8-2-1-3-9-17/h1-5,8-10,15,24,27H,6-7,11-14,16H2. The zero-order valence-corrected chi connectivity index (χ0v) is 16.9. The summed E-state index contributed by atoms with van der Waals surface area (Å²) in [5, 5.41) is 3.47. The van der Waals surface area contributed by atoms with Crippen LogP contribution in [-0.4, -0.2) is 11.6 Å². The number of ketones is 2. The van der Waals surface area contributed by atoms with Gasteiger partial charge in [0.1, 0.15) is 12.4 Å². The highest BCUT2D eigenvalue weighted by Gasteiger charge is 2.41. The molecule has 0 aromatic heterocycles. The Kier molecular flexibility index (Phi) is 4.99. The summed E-state index contributed by atoms with van der Waals surface area (Å²) in [5.74, 6) is 0.709. The molecule has 4 heteroatoms. The molecule has 0 unspecified atom stereocenters. The van der Waals surface area contributed by atoms with Gasteiger partial charge in [0.05, 0.1) is 0 Å². The second-order valence-corrected chi connectivity index (χ2v) is 8.21. The highest BCUT2D eigenvalue weighted by molar-refractivity contribution is 6.06. The van der Waals surface area contributed by atoms with Gasteiger partial charge in [0.2, 0.25) is 0 Å². The molecule has 1 N–H and O–H groups in total. The molecule has 0 atom stereocenters. The maximum Gasteiger partial charge on any atom is 0.161 e. The fraction of sp³-hybridized carbons (Fsp3) is 0.308. The molecular formula is C26H25NO3. The molecule has 30 heavy (non-hydrogen) atoms. The van der Waals surface area contributed by atoms with Gasteiger partial charge in [0, 0.05) is 46.9 Å². The van der Waals surface area contributed by atoms with E-state index in [1.54, 1.807) is 0 Å². The van der Waals surface area contributed by atoms with Crippen LogP contribution in [0.5, 0.6) is 5.75 Å². The zero-order chi connectivity index (χ0) is 20.5. The molecule has 0 amide bonds. The van der Waals surface area contributed by atoms with Crippen LogP contribution in [-0.2, 0) is 16.2 Å². The minimum atomic E-state index is -0.330. The predicted molar refractivity (Wildman–Crippen MR) is 115 cm³/mol. The second-order valence-electron chi connectivity index (χ2n) is 8.21. The van der Waals surface area contributed by atoms with Crippen LogP contribution in [0.15, 0.2) is 77.1 Å². The number of para-hydroxylation sites is 1. The fourth-order valence-corrected chi connectivity index (χ4v) is 4.88. The van der Waals surface area contributed by atoms with E-state index in [1.165, 1.54) is 0 Å². The molecule has 2 aromatic carbocycles. The van der Waals surface area contributed by atoms with Gasteiger partial charge in [-0.05, 0) is 37.3 Å². The molecule has 4 nitrogen and oxygen atoms in total. The Morgan fingerprint density at radius 1 is 0.767 bits per heavy atom. The molecule has 1 aliphatic heterocycles. The molecule has 0 saturated heterocycles. The quantitative estimate of drug-likeness (QED) is 0.789. The molecule has 0 saturated carbocycles. The van der Waals surface area contributed by atoms with Crippen molar-refractivity contribution in [2.45, 2.75) is 51.0 Å². The van der Waals surface area contributed by atoms with E-state index in [0.29, 0.717) is 19.4 Å². The van der Waals surface area contributed by atoms with Crippen LogP contribution in [0, 0.1) is 0 Å². The van der Waals surface area contributed by atoms with Crippen LogP contribution in [0.1, 0.15) is 55.6 Å². The third kappa shape index (κ3) is 3.36. The summed E-state index contributed by atoms with van der Waals surface area (Å²) in [6.45, 7) is 0.447. The van der Waals surface area contributed by atoms with Crippen molar-refractivity contribution in [3.8, 4) is 5.75 Å². The number of ether oxygens (including phenoxy) is 1. The fourth-order valence-electron chi connectivity index (χ4n) is 4.88. The van der Waals surface area contributed by atoms with Gasteiger partial charge in [0.25, 0.3) is 0 Å². The third-order valence-electron chi connectivity index (χ3n) is 6.26. The zero-order valence-electron chi connectivity index (χ0n) is 16.9. The minimum Gasteiger partial charge on any atom is -0.489 e. The summed E-state index contributed by atoms with van der Waals surface area (Å²) in [4.78, 5) is 26.0. The topological polar surface area (TPSA) is 55.4 Å². The summed E-state index contributed by atoms with van der Waals surface area (Å²) in [6, 6.07) is 17.9. The number of nitrogens with one attached hydrogen (secondary N) is 1. The molecule has 2 aromatic rings. The number of benzene rings is 2. The number of carbonyl (C=O) groups excluding carboxylic acids is 2. The van der Waals surface area contributed by atoms with Gasteiger partial charge in [-0.2, -0.15) is 0 Å². The maximum absolute atomic E-state index is 13.0. The van der Waals surface area contributed by atoms with Crippen molar-refractivity contribution in [1.29, 1.82) is 0 Å². The van der Waals surface area contributed by atoms with Crippen molar-refractivity contribution in [3.05, 3.63) is 88.3 Å². The Morgan fingerprint density at radius 3 is 2.03 bits per heavy atom. The lowest BCUT2D eigenvalue weighted by molar-refractivity contribution is -0.116. The van der Waals surface area contributed by atoms with E-state index in [2.05, 4.69) is 5.32 Å². The van der Waals surface area contributed by atoms with Crippen molar-refractivity contribution in [3.63, 3.8) is 0 Å². The number of hydrogen-bond acceptors (Lipinski definition) is 4. The first-order valence-corrected chi connectivity index (χ1v) is 10.8. The van der Waals surface area contributed by atoms with E-state index in [4.69, 9.17) is 4.74 Å². The van der Waals surface area contributed by atoms with Crippen LogP contribution in [0.2, 0.25) is 0 Å². The molecule has 5 rings (SSSR count). The van der Waals surface area contributed by atoms with Gasteiger partial charge in [-0.1, -0.05) is 48.5 Å². The van der Waals surface area contributed by atoms with Gasteiger partial charge in [-0.3, -0.25) is 9.59 Å². The molecule has 2 aliphatic carbocycles. The van der Waals surface area contributed by atoms with Gasteiger partial charge in [0.15, 0.2) is 11.6 Å².